The first-order chi connectivity index (χ1) is 10.2. The second-order valence-corrected chi connectivity index (χ2v) is 7.33. The standard InChI is InChI=1S/C16H26N2O2S/c19-14-10-17(11-16(12-21)7-3-1-4-8-16)15(20)13-6-2-5-9-18(13)14/h13,21H,1-12H2. The molecule has 1 saturated carbocycles. The maximum atomic E-state index is 12.7. The highest BCUT2D eigenvalue weighted by molar-refractivity contribution is 7.80. The molecule has 3 fully saturated rings. The number of piperazine rings is 1. The van der Waals surface area contributed by atoms with E-state index in [4.69, 9.17) is 0 Å². The Kier molecular flexibility index (Phi) is 4.48. The Balaban J connectivity index is 1.72. The molecule has 3 aliphatic rings. The number of fused-ring (bicyclic) bond motifs is 1. The van der Waals surface area contributed by atoms with E-state index in [0.717, 1.165) is 50.9 Å². The Morgan fingerprint density at radius 1 is 1.10 bits per heavy atom. The van der Waals surface area contributed by atoms with Crippen molar-refractivity contribution in [1.29, 1.82) is 0 Å². The summed E-state index contributed by atoms with van der Waals surface area (Å²) in [5, 5.41) is 0. The molecule has 0 aromatic rings. The van der Waals surface area contributed by atoms with E-state index in [1.54, 1.807) is 0 Å². The fourth-order valence-corrected chi connectivity index (χ4v) is 4.65. The van der Waals surface area contributed by atoms with Crippen LogP contribution in [0, 0.1) is 5.41 Å². The molecule has 118 valence electrons. The number of nitrogens with zero attached hydrogens (tertiary/aromatic N) is 2. The van der Waals surface area contributed by atoms with E-state index < -0.39 is 0 Å². The SMILES string of the molecule is O=C1C2CCCCN2C(=O)CN1CC1(CS)CCCCC1. The summed E-state index contributed by atoms with van der Waals surface area (Å²) in [5.74, 6) is 1.14. The van der Waals surface area contributed by atoms with Crippen molar-refractivity contribution in [1.82, 2.24) is 9.80 Å². The highest BCUT2D eigenvalue weighted by Gasteiger charge is 2.43. The van der Waals surface area contributed by atoms with Gasteiger partial charge in [-0.05, 0) is 43.3 Å². The van der Waals surface area contributed by atoms with Crippen LogP contribution < -0.4 is 0 Å². The smallest absolute Gasteiger partial charge is 0.245 e. The molecule has 1 atom stereocenters. The fourth-order valence-electron chi connectivity index (χ4n) is 4.24. The number of amides is 2. The van der Waals surface area contributed by atoms with E-state index in [9.17, 15) is 9.59 Å². The number of hydrogen-bond acceptors (Lipinski definition) is 3. The molecule has 3 rings (SSSR count). The Labute approximate surface area is 132 Å². The van der Waals surface area contributed by atoms with Gasteiger partial charge in [-0.3, -0.25) is 9.59 Å². The molecule has 0 N–H and O–H groups in total. The molecule has 1 unspecified atom stereocenters. The quantitative estimate of drug-likeness (QED) is 0.811. The molecule has 0 radical (unpaired) electrons. The lowest BCUT2D eigenvalue weighted by atomic mass is 9.75. The predicted octanol–water partition coefficient (Wildman–Crippen LogP) is 2.09. The van der Waals surface area contributed by atoms with Gasteiger partial charge in [-0.2, -0.15) is 12.6 Å². The van der Waals surface area contributed by atoms with Gasteiger partial charge in [-0.15, -0.1) is 0 Å². The highest BCUT2D eigenvalue weighted by atomic mass is 32.1. The van der Waals surface area contributed by atoms with Crippen molar-refractivity contribution >= 4 is 24.4 Å². The zero-order chi connectivity index (χ0) is 14.9. The second-order valence-electron chi connectivity index (χ2n) is 7.01. The number of carbonyl (C=O) groups excluding carboxylic acids is 2. The largest absolute Gasteiger partial charge is 0.331 e. The van der Waals surface area contributed by atoms with Crippen LogP contribution in [0.15, 0.2) is 0 Å². The lowest BCUT2D eigenvalue weighted by Gasteiger charge is -2.46. The van der Waals surface area contributed by atoms with Crippen molar-refractivity contribution in [3.05, 3.63) is 0 Å². The maximum absolute atomic E-state index is 12.7. The molecule has 4 nitrogen and oxygen atoms in total. The number of thiol groups is 1. The molecule has 0 bridgehead atoms. The molecule has 5 heteroatoms. The summed E-state index contributed by atoms with van der Waals surface area (Å²) in [6.07, 6.45) is 8.97. The molecule has 21 heavy (non-hydrogen) atoms. The summed E-state index contributed by atoms with van der Waals surface area (Å²) in [6.45, 7) is 1.77. The van der Waals surface area contributed by atoms with E-state index >= 15 is 0 Å². The Morgan fingerprint density at radius 3 is 2.57 bits per heavy atom. The van der Waals surface area contributed by atoms with Gasteiger partial charge in [0.15, 0.2) is 0 Å². The van der Waals surface area contributed by atoms with Gasteiger partial charge in [0.05, 0.1) is 6.54 Å². The first-order valence-corrected chi connectivity index (χ1v) is 8.98. The van der Waals surface area contributed by atoms with Crippen LogP contribution in [0.25, 0.3) is 0 Å². The molecule has 0 spiro atoms. The van der Waals surface area contributed by atoms with Crippen molar-refractivity contribution in [2.24, 2.45) is 5.41 Å². The van der Waals surface area contributed by atoms with Gasteiger partial charge in [-0.1, -0.05) is 19.3 Å². The molecular formula is C16H26N2O2S. The van der Waals surface area contributed by atoms with Crippen LogP contribution in [0.2, 0.25) is 0 Å². The average molecular weight is 310 g/mol. The van der Waals surface area contributed by atoms with Gasteiger partial charge in [-0.25, -0.2) is 0 Å². The molecule has 1 aliphatic carbocycles. The van der Waals surface area contributed by atoms with Crippen LogP contribution in [-0.2, 0) is 9.59 Å². The molecule has 2 heterocycles. The van der Waals surface area contributed by atoms with E-state index in [0.29, 0.717) is 0 Å². The van der Waals surface area contributed by atoms with Crippen molar-refractivity contribution in [3.63, 3.8) is 0 Å². The van der Waals surface area contributed by atoms with Gasteiger partial charge in [0.25, 0.3) is 0 Å². The molecule has 0 aromatic carbocycles. The van der Waals surface area contributed by atoms with E-state index in [2.05, 4.69) is 12.6 Å². The minimum atomic E-state index is -0.180. The first kappa shape index (κ1) is 15.2. The van der Waals surface area contributed by atoms with Crippen LogP contribution in [0.5, 0.6) is 0 Å². The van der Waals surface area contributed by atoms with E-state index in [-0.39, 0.29) is 29.8 Å². The molecule has 2 saturated heterocycles. The zero-order valence-electron chi connectivity index (χ0n) is 12.7. The number of hydrogen-bond donors (Lipinski definition) is 1. The van der Waals surface area contributed by atoms with E-state index in [1.807, 2.05) is 9.80 Å². The maximum Gasteiger partial charge on any atom is 0.245 e. The third-order valence-electron chi connectivity index (χ3n) is 5.52. The molecule has 2 amide bonds. The Hall–Kier alpha value is -0.710. The third-order valence-corrected chi connectivity index (χ3v) is 6.19. The van der Waals surface area contributed by atoms with Crippen molar-refractivity contribution < 1.29 is 9.59 Å². The van der Waals surface area contributed by atoms with Gasteiger partial charge in [0.2, 0.25) is 11.8 Å². The summed E-state index contributed by atoms with van der Waals surface area (Å²) in [5.41, 5.74) is 0.133. The van der Waals surface area contributed by atoms with Crippen molar-refractivity contribution in [3.8, 4) is 0 Å². The van der Waals surface area contributed by atoms with Crippen LogP contribution in [0.1, 0.15) is 51.4 Å². The van der Waals surface area contributed by atoms with Crippen molar-refractivity contribution in [2.75, 3.05) is 25.4 Å². The average Bonchev–Trinajstić information content (AvgIpc) is 2.53. The Morgan fingerprint density at radius 2 is 1.86 bits per heavy atom. The summed E-state index contributed by atoms with van der Waals surface area (Å²) < 4.78 is 0. The van der Waals surface area contributed by atoms with Gasteiger partial charge >= 0.3 is 0 Å². The second kappa shape index (κ2) is 6.19. The lowest BCUT2D eigenvalue weighted by molar-refractivity contribution is -0.159. The molecule has 2 aliphatic heterocycles. The van der Waals surface area contributed by atoms with Gasteiger partial charge < -0.3 is 9.80 Å². The summed E-state index contributed by atoms with van der Waals surface area (Å²) in [6, 6.07) is -0.180. The zero-order valence-corrected chi connectivity index (χ0v) is 13.6. The minimum Gasteiger partial charge on any atom is -0.331 e. The third kappa shape index (κ3) is 2.94. The summed E-state index contributed by atoms with van der Waals surface area (Å²) in [4.78, 5) is 28.7. The predicted molar refractivity (Wildman–Crippen MR) is 85.3 cm³/mol. The number of carbonyl (C=O) groups is 2. The molecular weight excluding hydrogens is 284 g/mol. The first-order valence-electron chi connectivity index (χ1n) is 8.34. The van der Waals surface area contributed by atoms with Crippen LogP contribution in [0.3, 0.4) is 0 Å². The monoisotopic (exact) mass is 310 g/mol. The van der Waals surface area contributed by atoms with Gasteiger partial charge in [0.1, 0.15) is 6.04 Å². The normalized spacial score (nSPS) is 29.5. The van der Waals surface area contributed by atoms with Crippen LogP contribution in [0.4, 0.5) is 0 Å². The fraction of sp³-hybridized carbons (Fsp3) is 0.875. The lowest BCUT2D eigenvalue weighted by Crippen LogP contribution is -2.62. The topological polar surface area (TPSA) is 40.6 Å². The van der Waals surface area contributed by atoms with Crippen LogP contribution >= 0.6 is 12.6 Å². The van der Waals surface area contributed by atoms with Crippen molar-refractivity contribution in [2.45, 2.75) is 57.4 Å². The van der Waals surface area contributed by atoms with Crippen LogP contribution in [-0.4, -0.2) is 53.0 Å². The summed E-state index contributed by atoms with van der Waals surface area (Å²) >= 11 is 4.56. The van der Waals surface area contributed by atoms with Gasteiger partial charge in [0, 0.05) is 13.1 Å². The summed E-state index contributed by atoms with van der Waals surface area (Å²) in [7, 11) is 0. The van der Waals surface area contributed by atoms with E-state index in [1.165, 1.54) is 19.3 Å². The Bertz CT molecular complexity index is 421. The number of piperidine rings is 1. The minimum absolute atomic E-state index is 0.133. The molecule has 0 aromatic heterocycles. The number of rotatable bonds is 3. The highest BCUT2D eigenvalue weighted by Crippen LogP contribution is 2.39.